The van der Waals surface area contributed by atoms with Crippen LogP contribution in [0.2, 0.25) is 0 Å². The lowest BCUT2D eigenvalue weighted by atomic mass is 10.0. The molecule has 0 bridgehead atoms. The molecule has 1 N–H and O–H groups in total. The van der Waals surface area contributed by atoms with Gasteiger partial charge in [-0.2, -0.15) is 0 Å². The Bertz CT molecular complexity index is 181. The summed E-state index contributed by atoms with van der Waals surface area (Å²) in [4.78, 5) is 10.7. The first kappa shape index (κ1) is 7.28. The van der Waals surface area contributed by atoms with Crippen LogP contribution >= 0.6 is 0 Å². The van der Waals surface area contributed by atoms with E-state index in [2.05, 4.69) is 4.74 Å². The molecule has 0 saturated carbocycles. The van der Waals surface area contributed by atoms with E-state index >= 15 is 0 Å². The highest BCUT2D eigenvalue weighted by Crippen LogP contribution is 2.22. The highest BCUT2D eigenvalue weighted by atomic mass is 16.5. The van der Waals surface area contributed by atoms with Gasteiger partial charge in [-0.1, -0.05) is 0 Å². The number of ether oxygens (including phenoxy) is 1. The Morgan fingerprint density at radius 1 is 1.80 bits per heavy atom. The first-order chi connectivity index (χ1) is 4.63. The summed E-state index contributed by atoms with van der Waals surface area (Å²) in [6, 6.07) is 0. The number of carbonyl (C=O) groups is 1. The van der Waals surface area contributed by atoms with Crippen LogP contribution in [0.25, 0.3) is 0 Å². The number of hydrogen-bond donors (Lipinski definition) is 1. The quantitative estimate of drug-likeness (QED) is 0.540. The third kappa shape index (κ3) is 1.04. The molecule has 2 atom stereocenters. The summed E-state index contributed by atoms with van der Waals surface area (Å²) in [6.07, 6.45) is 0.749. The molecular weight excluding hydrogens is 132 g/mol. The third-order valence-electron chi connectivity index (χ3n) is 1.65. The van der Waals surface area contributed by atoms with Gasteiger partial charge in [-0.3, -0.25) is 4.79 Å². The van der Waals surface area contributed by atoms with Crippen LogP contribution in [0.1, 0.15) is 13.8 Å². The maximum atomic E-state index is 10.7. The van der Waals surface area contributed by atoms with Gasteiger partial charge >= 0.3 is 5.97 Å². The average Bonchev–Trinajstić information content (AvgIpc) is 2.14. The van der Waals surface area contributed by atoms with Gasteiger partial charge in [0.15, 0.2) is 0 Å². The summed E-state index contributed by atoms with van der Waals surface area (Å²) in [5.41, 5.74) is 0.657. The molecule has 0 aromatic rings. The molecule has 0 saturated heterocycles. The van der Waals surface area contributed by atoms with Crippen LogP contribution in [0.5, 0.6) is 0 Å². The molecule has 3 nitrogen and oxygen atoms in total. The molecule has 0 spiro atoms. The molecule has 3 heteroatoms. The average molecular weight is 142 g/mol. The van der Waals surface area contributed by atoms with E-state index < -0.39 is 6.10 Å². The minimum absolute atomic E-state index is 0.278. The Morgan fingerprint density at radius 3 is 2.60 bits per heavy atom. The Labute approximate surface area is 59.3 Å². The topological polar surface area (TPSA) is 46.5 Å². The van der Waals surface area contributed by atoms with Gasteiger partial charge in [0.05, 0.1) is 18.3 Å². The van der Waals surface area contributed by atoms with E-state index in [1.54, 1.807) is 13.8 Å². The molecule has 0 aromatic carbocycles. The van der Waals surface area contributed by atoms with Crippen LogP contribution in [0, 0.1) is 5.92 Å². The van der Waals surface area contributed by atoms with Gasteiger partial charge in [0.2, 0.25) is 0 Å². The van der Waals surface area contributed by atoms with Crippen molar-refractivity contribution in [2.45, 2.75) is 20.0 Å². The van der Waals surface area contributed by atoms with Crippen LogP contribution in [0.15, 0.2) is 11.8 Å². The van der Waals surface area contributed by atoms with Crippen LogP contribution in [-0.2, 0) is 9.53 Å². The van der Waals surface area contributed by atoms with Crippen LogP contribution < -0.4 is 0 Å². The van der Waals surface area contributed by atoms with Crippen molar-refractivity contribution in [3.8, 4) is 0 Å². The number of aliphatic hydroxyl groups is 1. The lowest BCUT2D eigenvalue weighted by Gasteiger charge is -2.06. The van der Waals surface area contributed by atoms with Crippen molar-refractivity contribution in [2.75, 3.05) is 0 Å². The molecule has 0 aliphatic carbocycles. The molecule has 0 amide bonds. The van der Waals surface area contributed by atoms with E-state index in [4.69, 9.17) is 5.11 Å². The van der Waals surface area contributed by atoms with Crippen molar-refractivity contribution in [3.63, 3.8) is 0 Å². The summed E-state index contributed by atoms with van der Waals surface area (Å²) >= 11 is 0. The van der Waals surface area contributed by atoms with Gasteiger partial charge in [0.25, 0.3) is 0 Å². The normalized spacial score (nSPS) is 27.7. The summed E-state index contributed by atoms with van der Waals surface area (Å²) in [6.45, 7) is 3.33. The molecule has 56 valence electrons. The van der Waals surface area contributed by atoms with E-state index in [0.29, 0.717) is 5.57 Å². The van der Waals surface area contributed by atoms with Gasteiger partial charge in [0, 0.05) is 5.57 Å². The first-order valence-corrected chi connectivity index (χ1v) is 3.21. The predicted molar refractivity (Wildman–Crippen MR) is 35.0 cm³/mol. The van der Waals surface area contributed by atoms with Crippen molar-refractivity contribution in [3.05, 3.63) is 11.8 Å². The Hall–Kier alpha value is -0.830. The number of cyclic esters (lactones) is 1. The highest BCUT2D eigenvalue weighted by Gasteiger charge is 2.27. The molecule has 0 fully saturated rings. The molecule has 1 rings (SSSR count). The SMILES string of the molecule is CC(O)C1=COC(=O)C1C. The van der Waals surface area contributed by atoms with Gasteiger partial charge in [0.1, 0.15) is 0 Å². The van der Waals surface area contributed by atoms with E-state index in [0.717, 1.165) is 0 Å². The predicted octanol–water partition coefficient (Wildman–Crippen LogP) is 0.444. The number of esters is 1. The zero-order valence-corrected chi connectivity index (χ0v) is 6.00. The smallest absolute Gasteiger partial charge is 0.317 e. The Morgan fingerprint density at radius 2 is 2.40 bits per heavy atom. The molecule has 10 heavy (non-hydrogen) atoms. The lowest BCUT2D eigenvalue weighted by molar-refractivity contribution is -0.138. The molecule has 0 radical (unpaired) electrons. The number of rotatable bonds is 1. The fraction of sp³-hybridized carbons (Fsp3) is 0.571. The zero-order chi connectivity index (χ0) is 7.72. The van der Waals surface area contributed by atoms with Gasteiger partial charge in [-0.25, -0.2) is 0 Å². The van der Waals surface area contributed by atoms with Crippen molar-refractivity contribution in [1.82, 2.24) is 0 Å². The molecule has 1 aliphatic heterocycles. The first-order valence-electron chi connectivity index (χ1n) is 3.21. The standard InChI is InChI=1S/C7H10O3/c1-4-6(5(2)8)3-10-7(4)9/h3-5,8H,1-2H3. The molecular formula is C7H10O3. The van der Waals surface area contributed by atoms with Gasteiger partial charge in [-0.15, -0.1) is 0 Å². The second kappa shape index (κ2) is 2.42. The highest BCUT2D eigenvalue weighted by molar-refractivity contribution is 5.78. The fourth-order valence-corrected chi connectivity index (χ4v) is 0.927. The van der Waals surface area contributed by atoms with Crippen molar-refractivity contribution < 1.29 is 14.6 Å². The Kier molecular flexibility index (Phi) is 1.76. The molecule has 2 unspecified atom stereocenters. The van der Waals surface area contributed by atoms with E-state index in [9.17, 15) is 4.79 Å². The molecule has 1 heterocycles. The second-order valence-electron chi connectivity index (χ2n) is 2.45. The summed E-state index contributed by atoms with van der Waals surface area (Å²) in [5.74, 6) is -0.559. The van der Waals surface area contributed by atoms with Gasteiger partial charge < -0.3 is 9.84 Å². The number of aliphatic hydroxyl groups excluding tert-OH is 1. The van der Waals surface area contributed by atoms with E-state index in [-0.39, 0.29) is 11.9 Å². The fourth-order valence-electron chi connectivity index (χ4n) is 0.927. The van der Waals surface area contributed by atoms with Crippen molar-refractivity contribution in [2.24, 2.45) is 5.92 Å². The zero-order valence-electron chi connectivity index (χ0n) is 6.00. The largest absolute Gasteiger partial charge is 0.434 e. The monoisotopic (exact) mass is 142 g/mol. The van der Waals surface area contributed by atoms with Crippen LogP contribution in [0.3, 0.4) is 0 Å². The summed E-state index contributed by atoms with van der Waals surface area (Å²) in [7, 11) is 0. The van der Waals surface area contributed by atoms with E-state index in [1.165, 1.54) is 6.26 Å². The Balaban J connectivity index is 2.72. The third-order valence-corrected chi connectivity index (χ3v) is 1.65. The van der Waals surface area contributed by atoms with Crippen molar-refractivity contribution >= 4 is 5.97 Å². The molecule has 0 aromatic heterocycles. The second-order valence-corrected chi connectivity index (χ2v) is 2.45. The van der Waals surface area contributed by atoms with E-state index in [1.807, 2.05) is 0 Å². The van der Waals surface area contributed by atoms with Gasteiger partial charge in [-0.05, 0) is 13.8 Å². The van der Waals surface area contributed by atoms with Crippen LogP contribution in [-0.4, -0.2) is 17.2 Å². The maximum Gasteiger partial charge on any atom is 0.317 e. The molecule has 1 aliphatic rings. The van der Waals surface area contributed by atoms with Crippen molar-refractivity contribution in [1.29, 1.82) is 0 Å². The summed E-state index contributed by atoms with van der Waals surface area (Å²) < 4.78 is 4.58. The van der Waals surface area contributed by atoms with Crippen LogP contribution in [0.4, 0.5) is 0 Å². The number of carbonyl (C=O) groups excluding carboxylic acids is 1. The number of hydrogen-bond acceptors (Lipinski definition) is 3. The maximum absolute atomic E-state index is 10.7. The summed E-state index contributed by atoms with van der Waals surface area (Å²) in [5, 5.41) is 9.04. The minimum Gasteiger partial charge on any atom is -0.434 e. The lowest BCUT2D eigenvalue weighted by Crippen LogP contribution is -2.14. The minimum atomic E-state index is -0.582.